The Balaban J connectivity index is 1.66. The normalized spacial score (nSPS) is 19.0. The summed E-state index contributed by atoms with van der Waals surface area (Å²) in [5.41, 5.74) is 1.98. The van der Waals surface area contributed by atoms with E-state index in [1.807, 2.05) is 47.8 Å². The van der Waals surface area contributed by atoms with E-state index in [2.05, 4.69) is 34.1 Å². The molecule has 1 aromatic heterocycles. The lowest BCUT2D eigenvalue weighted by atomic mass is 10.1. The zero-order valence-corrected chi connectivity index (χ0v) is 13.4. The van der Waals surface area contributed by atoms with Crippen LogP contribution < -0.4 is 5.09 Å². The summed E-state index contributed by atoms with van der Waals surface area (Å²) in [5.74, 6) is 0.908. The van der Waals surface area contributed by atoms with Crippen molar-refractivity contribution in [3.8, 4) is 0 Å². The minimum Gasteiger partial charge on any atom is -0.459 e. The maximum absolute atomic E-state index is 5.88. The molecule has 114 valence electrons. The molecule has 1 N–H and O–H groups in total. The standard InChI is InChI=1S/C16H19N4OP/c1-3-12-17-22(2)21-14-10-8-13(9-11-14)20-16-7-5-4-6-15(16)18-19-20/h3-8,10-11,13,17H,1,9,12H2,2H3. The number of benzene rings is 1. The maximum Gasteiger partial charge on any atom is 0.158 e. The summed E-state index contributed by atoms with van der Waals surface area (Å²) in [7, 11) is -0.672. The van der Waals surface area contributed by atoms with Gasteiger partial charge < -0.3 is 4.52 Å². The van der Waals surface area contributed by atoms with Gasteiger partial charge in [-0.1, -0.05) is 29.5 Å². The average Bonchev–Trinajstić information content (AvgIpc) is 2.98. The largest absolute Gasteiger partial charge is 0.459 e. The van der Waals surface area contributed by atoms with E-state index in [9.17, 15) is 0 Å². The number of allylic oxidation sites excluding steroid dienone is 3. The van der Waals surface area contributed by atoms with Crippen molar-refractivity contribution in [1.82, 2.24) is 20.1 Å². The molecule has 0 saturated heterocycles. The number of rotatable bonds is 6. The molecule has 3 rings (SSSR count). The van der Waals surface area contributed by atoms with E-state index in [1.54, 1.807) is 0 Å². The van der Waals surface area contributed by atoms with Gasteiger partial charge >= 0.3 is 0 Å². The predicted molar refractivity (Wildman–Crippen MR) is 90.5 cm³/mol. The monoisotopic (exact) mass is 314 g/mol. The first-order chi connectivity index (χ1) is 10.8. The smallest absolute Gasteiger partial charge is 0.158 e. The van der Waals surface area contributed by atoms with Gasteiger partial charge in [0.25, 0.3) is 0 Å². The minimum absolute atomic E-state index is 0.184. The Bertz CT molecular complexity index is 722. The van der Waals surface area contributed by atoms with Gasteiger partial charge in [0.2, 0.25) is 0 Å². The van der Waals surface area contributed by atoms with Crippen molar-refractivity contribution in [2.45, 2.75) is 12.5 Å². The highest BCUT2D eigenvalue weighted by atomic mass is 31.2. The summed E-state index contributed by atoms with van der Waals surface area (Å²) < 4.78 is 7.84. The molecule has 22 heavy (non-hydrogen) atoms. The van der Waals surface area contributed by atoms with Crippen molar-refractivity contribution in [2.24, 2.45) is 0 Å². The molecule has 6 heteroatoms. The molecule has 1 aliphatic carbocycles. The number of para-hydroxylation sites is 1. The van der Waals surface area contributed by atoms with Gasteiger partial charge in [-0.15, -0.1) is 11.7 Å². The van der Waals surface area contributed by atoms with Crippen LogP contribution in [0.15, 0.2) is 60.9 Å². The molecule has 2 atom stereocenters. The summed E-state index contributed by atoms with van der Waals surface area (Å²) in [4.78, 5) is 0. The molecule has 1 heterocycles. The van der Waals surface area contributed by atoms with Crippen molar-refractivity contribution >= 4 is 19.3 Å². The van der Waals surface area contributed by atoms with Gasteiger partial charge in [-0.25, -0.2) is 4.68 Å². The van der Waals surface area contributed by atoms with Crippen LogP contribution in [-0.2, 0) is 4.52 Å². The zero-order valence-electron chi connectivity index (χ0n) is 12.5. The van der Waals surface area contributed by atoms with E-state index in [4.69, 9.17) is 4.52 Å². The number of aromatic nitrogens is 3. The van der Waals surface area contributed by atoms with E-state index in [1.165, 1.54) is 0 Å². The van der Waals surface area contributed by atoms with Gasteiger partial charge in [0, 0.05) is 13.2 Å². The number of fused-ring (bicyclic) bond motifs is 1. The fourth-order valence-corrected chi connectivity index (χ4v) is 3.26. The average molecular weight is 314 g/mol. The van der Waals surface area contributed by atoms with Crippen molar-refractivity contribution in [3.63, 3.8) is 0 Å². The molecule has 1 aromatic carbocycles. The van der Waals surface area contributed by atoms with E-state index in [0.717, 1.165) is 29.8 Å². The molecule has 2 unspecified atom stereocenters. The minimum atomic E-state index is -0.672. The van der Waals surface area contributed by atoms with Crippen molar-refractivity contribution < 1.29 is 4.52 Å². The Labute approximate surface area is 131 Å². The van der Waals surface area contributed by atoms with E-state index < -0.39 is 8.30 Å². The van der Waals surface area contributed by atoms with Gasteiger partial charge in [-0.05, 0) is 30.7 Å². The van der Waals surface area contributed by atoms with Crippen LogP contribution in [0, 0.1) is 0 Å². The van der Waals surface area contributed by atoms with Crippen molar-refractivity contribution in [1.29, 1.82) is 0 Å². The molecule has 0 bridgehead atoms. The van der Waals surface area contributed by atoms with Crippen LogP contribution in [0.25, 0.3) is 11.0 Å². The molecule has 2 aromatic rings. The summed E-state index contributed by atoms with van der Waals surface area (Å²) in [6, 6.07) is 8.19. The lowest BCUT2D eigenvalue weighted by Crippen LogP contribution is -2.11. The quantitative estimate of drug-likeness (QED) is 0.654. The Morgan fingerprint density at radius 1 is 1.50 bits per heavy atom. The number of hydrogen-bond acceptors (Lipinski definition) is 4. The highest BCUT2D eigenvalue weighted by molar-refractivity contribution is 7.49. The molecule has 5 nitrogen and oxygen atoms in total. The Morgan fingerprint density at radius 3 is 3.14 bits per heavy atom. The van der Waals surface area contributed by atoms with E-state index in [0.29, 0.717) is 0 Å². The third-order valence-electron chi connectivity index (χ3n) is 3.44. The Kier molecular flexibility index (Phi) is 4.66. The summed E-state index contributed by atoms with van der Waals surface area (Å²) in [5, 5.41) is 11.7. The zero-order chi connectivity index (χ0) is 15.4. The lowest BCUT2D eigenvalue weighted by molar-refractivity contribution is 0.463. The van der Waals surface area contributed by atoms with Crippen LogP contribution in [0.5, 0.6) is 0 Å². The van der Waals surface area contributed by atoms with Crippen molar-refractivity contribution in [3.05, 3.63) is 60.9 Å². The second kappa shape index (κ2) is 6.86. The van der Waals surface area contributed by atoms with Crippen LogP contribution >= 0.6 is 8.30 Å². The first-order valence-electron chi connectivity index (χ1n) is 7.22. The highest BCUT2D eigenvalue weighted by Gasteiger charge is 2.16. The van der Waals surface area contributed by atoms with E-state index in [-0.39, 0.29) is 6.04 Å². The second-order valence-electron chi connectivity index (χ2n) is 5.03. The van der Waals surface area contributed by atoms with Crippen LogP contribution in [0.3, 0.4) is 0 Å². The number of hydrogen-bond donors (Lipinski definition) is 1. The topological polar surface area (TPSA) is 52.0 Å². The molecule has 0 spiro atoms. The molecule has 1 aliphatic rings. The molecule has 0 fully saturated rings. The third-order valence-corrected chi connectivity index (χ3v) is 4.55. The second-order valence-corrected chi connectivity index (χ2v) is 6.52. The fraction of sp³-hybridized carbons (Fsp3) is 0.250. The predicted octanol–water partition coefficient (Wildman–Crippen LogP) is 3.55. The van der Waals surface area contributed by atoms with Crippen LogP contribution in [0.4, 0.5) is 0 Å². The van der Waals surface area contributed by atoms with Crippen LogP contribution in [0.1, 0.15) is 12.5 Å². The molecule has 0 amide bonds. The summed E-state index contributed by atoms with van der Waals surface area (Å²) >= 11 is 0. The Morgan fingerprint density at radius 2 is 2.36 bits per heavy atom. The number of nitrogens with zero attached hydrogens (tertiary/aromatic N) is 3. The first kappa shape index (κ1) is 14.9. The Hall–Kier alpha value is -1.97. The third kappa shape index (κ3) is 3.26. The first-order valence-corrected chi connectivity index (χ1v) is 8.93. The maximum atomic E-state index is 5.88. The molecule has 0 aliphatic heterocycles. The van der Waals surface area contributed by atoms with Gasteiger partial charge in [0.15, 0.2) is 8.30 Å². The molecular formula is C16H19N4OP. The van der Waals surface area contributed by atoms with E-state index >= 15 is 0 Å². The van der Waals surface area contributed by atoms with Crippen LogP contribution in [0.2, 0.25) is 0 Å². The molecule has 0 radical (unpaired) electrons. The van der Waals surface area contributed by atoms with Gasteiger partial charge in [-0.2, -0.15) is 0 Å². The fourth-order valence-electron chi connectivity index (χ4n) is 2.35. The van der Waals surface area contributed by atoms with Gasteiger partial charge in [-0.3, -0.25) is 5.09 Å². The number of nitrogens with one attached hydrogen (secondary N) is 1. The SMILES string of the molecule is C=CCNP(C)OC1=CCC(n2nnc3ccccc32)C=C1. The summed E-state index contributed by atoms with van der Waals surface area (Å²) in [6.07, 6.45) is 8.92. The molecule has 0 saturated carbocycles. The van der Waals surface area contributed by atoms with Crippen LogP contribution in [-0.4, -0.2) is 28.2 Å². The van der Waals surface area contributed by atoms with Gasteiger partial charge in [0.1, 0.15) is 11.3 Å². The highest BCUT2D eigenvalue weighted by Crippen LogP contribution is 2.33. The van der Waals surface area contributed by atoms with Crippen molar-refractivity contribution in [2.75, 3.05) is 13.2 Å². The van der Waals surface area contributed by atoms with Gasteiger partial charge in [0.05, 0.1) is 11.6 Å². The lowest BCUT2D eigenvalue weighted by Gasteiger charge is -2.20. The summed E-state index contributed by atoms with van der Waals surface area (Å²) in [6.45, 7) is 6.49. The molecular weight excluding hydrogens is 295 g/mol.